The molecule has 0 aromatic heterocycles. The molecule has 0 fully saturated rings. The van der Waals surface area contributed by atoms with Crippen LogP contribution >= 0.6 is 23.4 Å². The van der Waals surface area contributed by atoms with E-state index in [1.807, 2.05) is 13.8 Å². The van der Waals surface area contributed by atoms with Gasteiger partial charge in [-0.05, 0) is 35.9 Å². The summed E-state index contributed by atoms with van der Waals surface area (Å²) in [5, 5.41) is 11.4. The lowest BCUT2D eigenvalue weighted by atomic mass is 10.1. The van der Waals surface area contributed by atoms with Gasteiger partial charge < -0.3 is 0 Å². The zero-order valence-corrected chi connectivity index (χ0v) is 16.1. The van der Waals surface area contributed by atoms with Crippen molar-refractivity contribution in [3.05, 3.63) is 74.1 Å². The molecule has 0 atom stereocenters. The number of thioether (sulfide) groups is 1. The molecular weight excluding hydrogens is 388 g/mol. The number of hydrogen-bond donors (Lipinski definition) is 0. The molecule has 0 radical (unpaired) electrons. The largest absolute Gasteiger partial charge is 0.272 e. The van der Waals surface area contributed by atoms with Gasteiger partial charge in [0.25, 0.3) is 17.5 Å². The summed E-state index contributed by atoms with van der Waals surface area (Å²) in [5.74, 6) is -0.895. The van der Waals surface area contributed by atoms with E-state index in [0.29, 0.717) is 21.2 Å². The highest BCUT2D eigenvalue weighted by Gasteiger charge is 2.40. The highest BCUT2D eigenvalue weighted by Crippen LogP contribution is 2.40. The van der Waals surface area contributed by atoms with E-state index in [1.165, 1.54) is 36.0 Å². The van der Waals surface area contributed by atoms with Gasteiger partial charge in [0.05, 0.1) is 21.1 Å². The summed E-state index contributed by atoms with van der Waals surface area (Å²) in [6, 6.07) is 12.1. The lowest BCUT2D eigenvalue weighted by molar-refractivity contribution is -0.384. The average molecular weight is 403 g/mol. The zero-order chi connectivity index (χ0) is 19.7. The fraction of sp³-hybridized carbons (Fsp3) is 0.158. The third kappa shape index (κ3) is 3.74. The Balaban J connectivity index is 2.09. The van der Waals surface area contributed by atoms with E-state index >= 15 is 0 Å². The number of nitro benzene ring substituents is 1. The molecule has 2 aromatic rings. The molecule has 1 heterocycles. The molecule has 3 rings (SSSR count). The maximum Gasteiger partial charge on any atom is 0.272 e. The van der Waals surface area contributed by atoms with Crippen LogP contribution in [-0.2, 0) is 9.59 Å². The first-order chi connectivity index (χ1) is 12.8. The molecule has 0 aliphatic carbocycles. The minimum absolute atomic E-state index is 0.0732. The predicted molar refractivity (Wildman–Crippen MR) is 107 cm³/mol. The summed E-state index contributed by atoms with van der Waals surface area (Å²) < 4.78 is 0. The maximum atomic E-state index is 13.1. The van der Waals surface area contributed by atoms with Crippen LogP contribution in [0.2, 0.25) is 5.02 Å². The van der Waals surface area contributed by atoms with Gasteiger partial charge in [0.15, 0.2) is 0 Å². The molecule has 6 nitrogen and oxygen atoms in total. The molecule has 0 unspecified atom stereocenters. The van der Waals surface area contributed by atoms with Crippen LogP contribution in [0.3, 0.4) is 0 Å². The predicted octanol–water partition coefficient (Wildman–Crippen LogP) is 4.67. The number of hydrogen-bond acceptors (Lipinski definition) is 5. The second-order valence-electron chi connectivity index (χ2n) is 6.10. The van der Waals surface area contributed by atoms with Crippen LogP contribution in [0, 0.1) is 10.1 Å². The number of benzene rings is 2. The lowest BCUT2D eigenvalue weighted by Crippen LogP contribution is -2.31. The molecule has 0 saturated carbocycles. The first-order valence-electron chi connectivity index (χ1n) is 8.09. The number of carbonyl (C=O) groups excluding carboxylic acids is 2. The number of nitrogens with zero attached hydrogens (tertiary/aromatic N) is 2. The van der Waals surface area contributed by atoms with E-state index in [9.17, 15) is 19.7 Å². The zero-order valence-electron chi connectivity index (χ0n) is 14.5. The molecule has 2 aromatic carbocycles. The van der Waals surface area contributed by atoms with Gasteiger partial charge in [-0.2, -0.15) is 0 Å². The Labute approximate surface area is 165 Å². The van der Waals surface area contributed by atoms with E-state index in [-0.39, 0.29) is 16.5 Å². The molecule has 0 bridgehead atoms. The van der Waals surface area contributed by atoms with Crippen LogP contribution < -0.4 is 4.90 Å². The minimum Gasteiger partial charge on any atom is -0.268 e. The number of rotatable bonds is 5. The van der Waals surface area contributed by atoms with Crippen LogP contribution in [0.4, 0.5) is 11.4 Å². The summed E-state index contributed by atoms with van der Waals surface area (Å²) >= 11 is 7.30. The van der Waals surface area contributed by atoms with Crippen LogP contribution in [0.1, 0.15) is 19.4 Å². The van der Waals surface area contributed by atoms with Gasteiger partial charge in [0.1, 0.15) is 0 Å². The van der Waals surface area contributed by atoms with Crippen molar-refractivity contribution in [3.8, 4) is 0 Å². The van der Waals surface area contributed by atoms with Crippen molar-refractivity contribution < 1.29 is 14.5 Å². The van der Waals surface area contributed by atoms with Gasteiger partial charge in [0, 0.05) is 22.4 Å². The van der Waals surface area contributed by atoms with Gasteiger partial charge in [0.2, 0.25) is 0 Å². The van der Waals surface area contributed by atoms with Gasteiger partial charge in [-0.15, -0.1) is 11.8 Å². The fourth-order valence-corrected chi connectivity index (χ4v) is 3.88. The van der Waals surface area contributed by atoms with Crippen molar-refractivity contribution in [2.24, 2.45) is 0 Å². The molecule has 0 spiro atoms. The molecule has 0 saturated heterocycles. The molecule has 1 aliphatic heterocycles. The number of halogens is 1. The summed E-state index contributed by atoms with van der Waals surface area (Å²) in [4.78, 5) is 37.9. The number of non-ortho nitro benzene ring substituents is 1. The summed E-state index contributed by atoms with van der Waals surface area (Å²) in [5.41, 5.74) is 1.01. The fourth-order valence-electron chi connectivity index (χ4n) is 2.71. The molecule has 0 N–H and O–H groups in total. The summed E-state index contributed by atoms with van der Waals surface area (Å²) in [6.45, 7) is 3.84. The Bertz CT molecular complexity index is 970. The third-order valence-electron chi connectivity index (χ3n) is 3.83. The minimum atomic E-state index is -0.512. The van der Waals surface area contributed by atoms with E-state index < -0.39 is 16.7 Å². The van der Waals surface area contributed by atoms with Crippen LogP contribution in [0.5, 0.6) is 0 Å². The normalized spacial score (nSPS) is 14.4. The Morgan fingerprint density at radius 3 is 2.30 bits per heavy atom. The SMILES string of the molecule is CC(C)SC1=C(c2ccc([N+](=O)[O-])cc2)C(=O)N(c2cccc(Cl)c2)C1=O. The third-order valence-corrected chi connectivity index (χ3v) is 5.15. The highest BCUT2D eigenvalue weighted by atomic mass is 35.5. The van der Waals surface area contributed by atoms with E-state index in [0.717, 1.165) is 4.90 Å². The second kappa shape index (κ2) is 7.54. The summed E-state index contributed by atoms with van der Waals surface area (Å²) in [6.07, 6.45) is 0. The van der Waals surface area contributed by atoms with Crippen molar-refractivity contribution in [1.82, 2.24) is 0 Å². The summed E-state index contributed by atoms with van der Waals surface area (Å²) in [7, 11) is 0. The maximum absolute atomic E-state index is 13.1. The van der Waals surface area contributed by atoms with Gasteiger partial charge in [-0.25, -0.2) is 4.90 Å². The quantitative estimate of drug-likeness (QED) is 0.412. The van der Waals surface area contributed by atoms with Crippen LogP contribution in [-0.4, -0.2) is 22.0 Å². The monoisotopic (exact) mass is 402 g/mol. The molecule has 8 heteroatoms. The second-order valence-corrected chi connectivity index (χ2v) is 8.12. The number of anilines is 1. The first kappa shape index (κ1) is 19.1. The van der Waals surface area contributed by atoms with E-state index in [4.69, 9.17) is 11.6 Å². The lowest BCUT2D eigenvalue weighted by Gasteiger charge is -2.15. The number of imide groups is 1. The molecule has 138 valence electrons. The highest BCUT2D eigenvalue weighted by molar-refractivity contribution is 8.04. The number of amides is 2. The van der Waals surface area contributed by atoms with Crippen molar-refractivity contribution in [2.45, 2.75) is 19.1 Å². The van der Waals surface area contributed by atoms with Gasteiger partial charge >= 0.3 is 0 Å². The van der Waals surface area contributed by atoms with Crippen LogP contribution in [0.15, 0.2) is 53.4 Å². The molecule has 1 aliphatic rings. The number of nitro groups is 1. The van der Waals surface area contributed by atoms with E-state index in [2.05, 4.69) is 0 Å². The van der Waals surface area contributed by atoms with Crippen LogP contribution in [0.25, 0.3) is 5.57 Å². The van der Waals surface area contributed by atoms with Gasteiger partial charge in [-0.1, -0.05) is 31.5 Å². The Kier molecular flexibility index (Phi) is 5.34. The first-order valence-corrected chi connectivity index (χ1v) is 9.35. The smallest absolute Gasteiger partial charge is 0.268 e. The Hall–Kier alpha value is -2.64. The standard InChI is InChI=1S/C19H15ClN2O4S/c1-11(2)27-17-16(12-6-8-14(9-7-12)22(25)26)18(23)21(19(17)24)15-5-3-4-13(20)10-15/h3-11H,1-2H3. The Morgan fingerprint density at radius 1 is 1.07 bits per heavy atom. The van der Waals surface area contributed by atoms with Crippen molar-refractivity contribution in [3.63, 3.8) is 0 Å². The number of carbonyl (C=O) groups is 2. The van der Waals surface area contributed by atoms with Gasteiger partial charge in [-0.3, -0.25) is 19.7 Å². The van der Waals surface area contributed by atoms with Crippen molar-refractivity contribution in [2.75, 3.05) is 4.90 Å². The molecular formula is C19H15ClN2O4S. The topological polar surface area (TPSA) is 80.5 Å². The average Bonchev–Trinajstić information content (AvgIpc) is 2.84. The van der Waals surface area contributed by atoms with E-state index in [1.54, 1.807) is 24.3 Å². The molecule has 27 heavy (non-hydrogen) atoms. The Morgan fingerprint density at radius 2 is 1.74 bits per heavy atom. The van der Waals surface area contributed by atoms with Crippen molar-refractivity contribution >= 4 is 52.1 Å². The molecule has 2 amide bonds. The van der Waals surface area contributed by atoms with Crippen molar-refractivity contribution in [1.29, 1.82) is 0 Å².